The van der Waals surface area contributed by atoms with E-state index < -0.39 is 46.3 Å². The number of nitrogens with one attached hydrogen (secondary N) is 2. The van der Waals surface area contributed by atoms with Crippen molar-refractivity contribution in [2.45, 2.75) is 44.9 Å². The second-order valence-corrected chi connectivity index (χ2v) is 12.0. The van der Waals surface area contributed by atoms with Crippen molar-refractivity contribution in [1.82, 2.24) is 14.8 Å². The average molecular weight is 632 g/mol. The summed E-state index contributed by atoms with van der Waals surface area (Å²) in [6, 6.07) is 6.41. The van der Waals surface area contributed by atoms with E-state index in [-0.39, 0.29) is 40.1 Å². The van der Waals surface area contributed by atoms with Gasteiger partial charge in [-0.1, -0.05) is 6.07 Å². The molecule has 0 radical (unpaired) electrons. The van der Waals surface area contributed by atoms with E-state index in [4.69, 9.17) is 0 Å². The minimum Gasteiger partial charge on any atom is -0.367 e. The van der Waals surface area contributed by atoms with Gasteiger partial charge in [0.2, 0.25) is 5.56 Å². The van der Waals surface area contributed by atoms with Gasteiger partial charge in [0.05, 0.1) is 28.1 Å². The molecule has 13 heteroatoms. The number of benzene rings is 2. The number of hydrogen-bond donors (Lipinski definition) is 2. The summed E-state index contributed by atoms with van der Waals surface area (Å²) in [5, 5.41) is 2.48. The molecule has 3 aromatic rings. The SMILES string of the molecule is C[C@@H]1CN(c2cc(F)c(-c3ccc(C(=O)N(C)CC4CC4)c(F)c3)cc2NC(=O)c2c[nH]c(=O)cc2C(F)(F)F)C[C@H](C)N1C. The summed E-state index contributed by atoms with van der Waals surface area (Å²) < 4.78 is 72.3. The lowest BCUT2D eigenvalue weighted by molar-refractivity contribution is -0.138. The first-order chi connectivity index (χ1) is 21.1. The lowest BCUT2D eigenvalue weighted by Gasteiger charge is -2.44. The van der Waals surface area contributed by atoms with Crippen LogP contribution in [0.1, 0.15) is 53.0 Å². The number of nitrogens with zero attached hydrogens (tertiary/aromatic N) is 3. The number of anilines is 2. The van der Waals surface area contributed by atoms with Crippen LogP contribution >= 0.6 is 0 Å². The van der Waals surface area contributed by atoms with Crippen molar-refractivity contribution in [3.8, 4) is 11.1 Å². The van der Waals surface area contributed by atoms with Gasteiger partial charge in [0.25, 0.3) is 11.8 Å². The van der Waals surface area contributed by atoms with Crippen molar-refractivity contribution in [3.63, 3.8) is 0 Å². The van der Waals surface area contributed by atoms with E-state index in [9.17, 15) is 27.6 Å². The number of carbonyl (C=O) groups is 2. The van der Waals surface area contributed by atoms with E-state index in [0.29, 0.717) is 37.8 Å². The molecule has 1 saturated heterocycles. The zero-order valence-corrected chi connectivity index (χ0v) is 25.3. The van der Waals surface area contributed by atoms with Crippen LogP contribution in [0.5, 0.6) is 0 Å². The Morgan fingerprint density at radius 1 is 1.00 bits per heavy atom. The van der Waals surface area contributed by atoms with Gasteiger partial charge in [0.15, 0.2) is 0 Å². The first-order valence-corrected chi connectivity index (χ1v) is 14.6. The average Bonchev–Trinajstić information content (AvgIpc) is 3.79. The lowest BCUT2D eigenvalue weighted by Crippen LogP contribution is -2.55. The number of piperazine rings is 1. The van der Waals surface area contributed by atoms with Crippen molar-refractivity contribution >= 4 is 23.2 Å². The molecule has 2 amide bonds. The highest BCUT2D eigenvalue weighted by atomic mass is 19.4. The zero-order valence-electron chi connectivity index (χ0n) is 25.3. The molecule has 2 heterocycles. The molecule has 1 aliphatic heterocycles. The van der Waals surface area contributed by atoms with Crippen LogP contribution in [-0.4, -0.2) is 72.4 Å². The molecule has 0 bridgehead atoms. The molecule has 240 valence electrons. The Morgan fingerprint density at radius 3 is 2.27 bits per heavy atom. The molecular weight excluding hydrogens is 597 g/mol. The molecule has 2 fully saturated rings. The fourth-order valence-corrected chi connectivity index (χ4v) is 5.66. The van der Waals surface area contributed by atoms with Crippen LogP contribution in [0.4, 0.5) is 33.3 Å². The van der Waals surface area contributed by atoms with Crippen molar-refractivity contribution in [2.24, 2.45) is 5.92 Å². The second-order valence-electron chi connectivity index (χ2n) is 12.0. The van der Waals surface area contributed by atoms with Crippen molar-refractivity contribution in [1.29, 1.82) is 0 Å². The van der Waals surface area contributed by atoms with Gasteiger partial charge in [0, 0.05) is 56.6 Å². The van der Waals surface area contributed by atoms with Gasteiger partial charge in [-0.15, -0.1) is 0 Å². The molecule has 2 aromatic carbocycles. The Kier molecular flexibility index (Phi) is 8.76. The minimum atomic E-state index is -5.00. The van der Waals surface area contributed by atoms with Gasteiger partial charge in [-0.3, -0.25) is 19.3 Å². The summed E-state index contributed by atoms with van der Waals surface area (Å²) in [5.74, 6) is -2.91. The third-order valence-electron chi connectivity index (χ3n) is 8.59. The Labute approximate surface area is 256 Å². The Hall–Kier alpha value is -4.26. The third kappa shape index (κ3) is 6.87. The van der Waals surface area contributed by atoms with Crippen LogP contribution in [0.2, 0.25) is 0 Å². The van der Waals surface area contributed by atoms with Gasteiger partial charge in [-0.05, 0) is 69.5 Å². The standard InChI is InChI=1S/C32H34F5N5O3/c1-17-14-42(15-18(2)41(17)4)28-12-26(34)22(20-7-8-21(25(33)9-20)31(45)40(3)16-19-5-6-19)10-27(28)39-30(44)23-13-38-29(43)11-24(23)32(35,36)37/h7-13,17-19H,5-6,14-16H2,1-4H3,(H,38,43)(H,39,44)/t17-,18+. The molecule has 1 saturated carbocycles. The first kappa shape index (κ1) is 32.1. The lowest BCUT2D eigenvalue weighted by atomic mass is 9.99. The van der Waals surface area contributed by atoms with Gasteiger partial charge in [-0.25, -0.2) is 8.78 Å². The van der Waals surface area contributed by atoms with E-state index in [1.165, 1.54) is 23.1 Å². The van der Waals surface area contributed by atoms with E-state index in [1.54, 1.807) is 7.05 Å². The number of halogens is 5. The highest BCUT2D eigenvalue weighted by molar-refractivity contribution is 6.07. The maximum Gasteiger partial charge on any atom is 0.417 e. The number of carbonyl (C=O) groups excluding carboxylic acids is 2. The minimum absolute atomic E-state index is 0.00981. The van der Waals surface area contributed by atoms with Crippen molar-refractivity contribution < 1.29 is 31.5 Å². The summed E-state index contributed by atoms with van der Waals surface area (Å²) in [7, 11) is 3.54. The van der Waals surface area contributed by atoms with Crippen LogP contribution in [0, 0.1) is 17.6 Å². The zero-order chi connectivity index (χ0) is 32.8. The van der Waals surface area contributed by atoms with Gasteiger partial charge in [-0.2, -0.15) is 13.2 Å². The van der Waals surface area contributed by atoms with Crippen LogP contribution in [0.3, 0.4) is 0 Å². The monoisotopic (exact) mass is 631 g/mol. The Morgan fingerprint density at radius 2 is 1.67 bits per heavy atom. The summed E-state index contributed by atoms with van der Waals surface area (Å²) in [5.41, 5.74) is -3.32. The maximum atomic E-state index is 15.8. The van der Waals surface area contributed by atoms with Crippen LogP contribution < -0.4 is 15.8 Å². The molecule has 2 atom stereocenters. The topological polar surface area (TPSA) is 88.7 Å². The highest BCUT2D eigenvalue weighted by Crippen LogP contribution is 2.38. The van der Waals surface area contributed by atoms with E-state index >= 15 is 8.78 Å². The normalized spacial score (nSPS) is 19.0. The smallest absolute Gasteiger partial charge is 0.367 e. The van der Waals surface area contributed by atoms with Crippen LogP contribution in [0.15, 0.2) is 47.4 Å². The number of aromatic nitrogens is 1. The summed E-state index contributed by atoms with van der Waals surface area (Å²) >= 11 is 0. The fraction of sp³-hybridized carbons (Fsp3) is 0.406. The molecule has 1 aliphatic carbocycles. The Bertz CT molecular complexity index is 1670. The Balaban J connectivity index is 1.55. The fourth-order valence-electron chi connectivity index (χ4n) is 5.66. The molecule has 2 aliphatic rings. The number of H-pyrrole nitrogens is 1. The first-order valence-electron chi connectivity index (χ1n) is 14.6. The van der Waals surface area contributed by atoms with Gasteiger partial charge < -0.3 is 20.1 Å². The maximum absolute atomic E-state index is 15.8. The number of amides is 2. The largest absolute Gasteiger partial charge is 0.417 e. The quantitative estimate of drug-likeness (QED) is 0.332. The molecule has 45 heavy (non-hydrogen) atoms. The molecule has 1 aromatic heterocycles. The molecule has 2 N–H and O–H groups in total. The number of rotatable bonds is 7. The molecular formula is C32H34F5N5O3. The summed E-state index contributed by atoms with van der Waals surface area (Å²) in [4.78, 5) is 45.3. The van der Waals surface area contributed by atoms with Crippen molar-refractivity contribution in [2.75, 3.05) is 43.9 Å². The number of likely N-dealkylation sites (N-methyl/N-ethyl adjacent to an activating group) is 1. The number of aromatic amines is 1. The predicted octanol–water partition coefficient (Wildman–Crippen LogP) is 5.60. The van der Waals surface area contributed by atoms with Gasteiger partial charge >= 0.3 is 6.18 Å². The number of hydrogen-bond acceptors (Lipinski definition) is 5. The van der Waals surface area contributed by atoms with Crippen LogP contribution in [-0.2, 0) is 6.18 Å². The molecule has 0 spiro atoms. The van der Waals surface area contributed by atoms with E-state index in [1.807, 2.05) is 25.8 Å². The van der Waals surface area contributed by atoms with Gasteiger partial charge in [0.1, 0.15) is 11.6 Å². The third-order valence-corrected chi connectivity index (χ3v) is 8.59. The predicted molar refractivity (Wildman–Crippen MR) is 160 cm³/mol. The number of alkyl halides is 3. The van der Waals surface area contributed by atoms with E-state index in [0.717, 1.165) is 25.0 Å². The van der Waals surface area contributed by atoms with Crippen molar-refractivity contribution in [3.05, 3.63) is 81.3 Å². The molecule has 5 rings (SSSR count). The molecule has 0 unspecified atom stereocenters. The summed E-state index contributed by atoms with van der Waals surface area (Å²) in [6.45, 7) is 5.29. The van der Waals surface area contributed by atoms with E-state index in [2.05, 4.69) is 15.2 Å². The van der Waals surface area contributed by atoms with Crippen LogP contribution in [0.25, 0.3) is 11.1 Å². The molecule has 8 nitrogen and oxygen atoms in total. The second kappa shape index (κ2) is 12.3. The highest BCUT2D eigenvalue weighted by Gasteiger charge is 2.36. The summed E-state index contributed by atoms with van der Waals surface area (Å²) in [6.07, 6.45) is -2.29. The number of pyridine rings is 1.